The average Bonchev–Trinajstić information content (AvgIpc) is 2.29. The summed E-state index contributed by atoms with van der Waals surface area (Å²) in [6.07, 6.45) is 0.804. The number of halogens is 2. The van der Waals surface area contributed by atoms with E-state index < -0.39 is 16.6 Å². The molecule has 0 saturated heterocycles. The van der Waals surface area contributed by atoms with Gasteiger partial charge in [-0.05, 0) is 38.6 Å². The molecule has 0 amide bonds. The van der Waals surface area contributed by atoms with Crippen LogP contribution in [0.25, 0.3) is 0 Å². The van der Waals surface area contributed by atoms with Gasteiger partial charge in [0.15, 0.2) is 0 Å². The molecule has 1 rings (SSSR count). The Morgan fingerprint density at radius 1 is 1.56 bits per heavy atom. The normalized spacial score (nSPS) is 14.8. The molecule has 16 heavy (non-hydrogen) atoms. The summed E-state index contributed by atoms with van der Waals surface area (Å²) in [4.78, 5) is 0.578. The van der Waals surface area contributed by atoms with Gasteiger partial charge in [0.1, 0.15) is 5.82 Å². The third-order valence-corrected chi connectivity index (χ3v) is 4.06. The molecule has 0 aliphatic carbocycles. The van der Waals surface area contributed by atoms with Crippen molar-refractivity contribution in [2.75, 3.05) is 12.8 Å². The second-order valence-electron chi connectivity index (χ2n) is 3.60. The monoisotopic (exact) mass is 263 g/mol. The van der Waals surface area contributed by atoms with Gasteiger partial charge in [0, 0.05) is 16.7 Å². The van der Waals surface area contributed by atoms with Crippen molar-refractivity contribution in [3.05, 3.63) is 29.0 Å². The first-order valence-corrected chi connectivity index (χ1v) is 6.75. The average molecular weight is 264 g/mol. The van der Waals surface area contributed by atoms with Gasteiger partial charge >= 0.3 is 0 Å². The highest BCUT2D eigenvalue weighted by Gasteiger charge is 2.08. The highest BCUT2D eigenvalue weighted by atomic mass is 35.5. The van der Waals surface area contributed by atoms with Crippen molar-refractivity contribution in [3.63, 3.8) is 0 Å². The fraction of sp³-hybridized carbons (Fsp3) is 0.455. The van der Waals surface area contributed by atoms with E-state index in [-0.39, 0.29) is 5.02 Å². The predicted octanol–water partition coefficient (Wildman–Crippen LogP) is 2.58. The molecule has 1 aromatic rings. The maximum Gasteiger partial charge on any atom is 0.141 e. The van der Waals surface area contributed by atoms with Gasteiger partial charge in [-0.15, -0.1) is 0 Å². The molecule has 1 aromatic carbocycles. The zero-order valence-corrected chi connectivity index (χ0v) is 10.9. The van der Waals surface area contributed by atoms with E-state index in [1.807, 2.05) is 14.0 Å². The van der Waals surface area contributed by atoms with Gasteiger partial charge in [-0.25, -0.2) is 4.39 Å². The molecule has 0 aliphatic rings. The topological polar surface area (TPSA) is 29.1 Å². The lowest BCUT2D eigenvalue weighted by molar-refractivity contribution is 0.591. The van der Waals surface area contributed by atoms with Gasteiger partial charge in [0.25, 0.3) is 0 Å². The summed E-state index contributed by atoms with van der Waals surface area (Å²) in [5, 5.41) is 3.09. The smallest absolute Gasteiger partial charge is 0.141 e. The molecule has 2 nitrogen and oxygen atoms in total. The van der Waals surface area contributed by atoms with E-state index in [1.54, 1.807) is 0 Å². The summed E-state index contributed by atoms with van der Waals surface area (Å²) in [5.41, 5.74) is 0. The van der Waals surface area contributed by atoms with Gasteiger partial charge in [0.2, 0.25) is 0 Å². The summed E-state index contributed by atoms with van der Waals surface area (Å²) in [6.45, 7) is 2.02. The highest BCUT2D eigenvalue weighted by Crippen LogP contribution is 2.18. The lowest BCUT2D eigenvalue weighted by Gasteiger charge is -2.09. The van der Waals surface area contributed by atoms with Crippen molar-refractivity contribution in [3.8, 4) is 0 Å². The Hall–Kier alpha value is -0.450. The van der Waals surface area contributed by atoms with Crippen LogP contribution >= 0.6 is 11.6 Å². The molecule has 2 atom stereocenters. The standard InChI is InChI=1S/C11H15ClFNOS/c1-8(14-2)5-6-16(15)9-3-4-11(13)10(12)7-9/h3-4,7-8,14H,5-6H2,1-2H3. The Labute approximate surface area is 103 Å². The first kappa shape index (κ1) is 13.6. The van der Waals surface area contributed by atoms with Gasteiger partial charge in [-0.1, -0.05) is 11.6 Å². The zero-order valence-electron chi connectivity index (χ0n) is 9.30. The van der Waals surface area contributed by atoms with Gasteiger partial charge < -0.3 is 5.32 Å². The molecule has 0 spiro atoms. The van der Waals surface area contributed by atoms with E-state index in [9.17, 15) is 8.60 Å². The van der Waals surface area contributed by atoms with Gasteiger partial charge in [0.05, 0.1) is 15.8 Å². The van der Waals surface area contributed by atoms with Crippen LogP contribution in [-0.4, -0.2) is 23.1 Å². The summed E-state index contributed by atoms with van der Waals surface area (Å²) in [5.74, 6) is 0.0651. The van der Waals surface area contributed by atoms with E-state index in [0.717, 1.165) is 6.42 Å². The molecule has 5 heteroatoms. The molecule has 0 saturated carbocycles. The van der Waals surface area contributed by atoms with E-state index >= 15 is 0 Å². The van der Waals surface area contributed by atoms with Crippen molar-refractivity contribution in [2.24, 2.45) is 0 Å². The Morgan fingerprint density at radius 2 is 2.25 bits per heavy atom. The molecule has 90 valence electrons. The number of rotatable bonds is 5. The van der Waals surface area contributed by atoms with Crippen LogP contribution in [0, 0.1) is 5.82 Å². The van der Waals surface area contributed by atoms with Gasteiger partial charge in [-0.3, -0.25) is 4.21 Å². The first-order chi connectivity index (χ1) is 7.54. The Morgan fingerprint density at radius 3 is 2.81 bits per heavy atom. The Kier molecular flexibility index (Phi) is 5.38. The summed E-state index contributed by atoms with van der Waals surface area (Å²) >= 11 is 5.63. The quantitative estimate of drug-likeness (QED) is 0.885. The van der Waals surface area contributed by atoms with E-state index in [1.165, 1.54) is 18.2 Å². The number of hydrogen-bond donors (Lipinski definition) is 1. The third kappa shape index (κ3) is 3.85. The number of benzene rings is 1. The van der Waals surface area contributed by atoms with Crippen LogP contribution in [0.1, 0.15) is 13.3 Å². The molecule has 1 N–H and O–H groups in total. The minimum Gasteiger partial charge on any atom is -0.317 e. The zero-order chi connectivity index (χ0) is 12.1. The largest absolute Gasteiger partial charge is 0.317 e. The van der Waals surface area contributed by atoms with Crippen molar-refractivity contribution in [2.45, 2.75) is 24.3 Å². The van der Waals surface area contributed by atoms with E-state index in [0.29, 0.717) is 16.7 Å². The number of nitrogens with one attached hydrogen (secondary N) is 1. The minimum atomic E-state index is -1.12. The maximum absolute atomic E-state index is 12.9. The summed E-state index contributed by atoms with van der Waals surface area (Å²) in [6, 6.07) is 4.51. The lowest BCUT2D eigenvalue weighted by atomic mass is 10.3. The van der Waals surface area contributed by atoms with Crippen LogP contribution in [0.3, 0.4) is 0 Å². The first-order valence-electron chi connectivity index (χ1n) is 5.05. The predicted molar refractivity (Wildman–Crippen MR) is 65.8 cm³/mol. The maximum atomic E-state index is 12.9. The fourth-order valence-corrected chi connectivity index (χ4v) is 2.68. The second kappa shape index (κ2) is 6.33. The van der Waals surface area contributed by atoms with Crippen LogP contribution in [0.4, 0.5) is 4.39 Å². The van der Waals surface area contributed by atoms with Gasteiger partial charge in [-0.2, -0.15) is 0 Å². The second-order valence-corrected chi connectivity index (χ2v) is 5.58. The molecular weight excluding hydrogens is 249 g/mol. The summed E-state index contributed by atoms with van der Waals surface area (Å²) in [7, 11) is 0.748. The van der Waals surface area contributed by atoms with Crippen molar-refractivity contribution in [1.82, 2.24) is 5.32 Å². The molecule has 0 heterocycles. The molecule has 0 aromatic heterocycles. The van der Waals surface area contributed by atoms with Crippen LogP contribution in [-0.2, 0) is 10.8 Å². The molecular formula is C11H15ClFNOS. The van der Waals surface area contributed by atoms with Crippen molar-refractivity contribution < 1.29 is 8.60 Å². The minimum absolute atomic E-state index is 0.0208. The molecule has 0 aliphatic heterocycles. The lowest BCUT2D eigenvalue weighted by Crippen LogP contribution is -2.23. The van der Waals surface area contributed by atoms with E-state index in [2.05, 4.69) is 5.32 Å². The fourth-order valence-electron chi connectivity index (χ4n) is 1.16. The van der Waals surface area contributed by atoms with Crippen LogP contribution in [0.15, 0.2) is 23.1 Å². The number of hydrogen-bond acceptors (Lipinski definition) is 2. The molecule has 0 fully saturated rings. The van der Waals surface area contributed by atoms with Crippen LogP contribution in [0.5, 0.6) is 0 Å². The highest BCUT2D eigenvalue weighted by molar-refractivity contribution is 7.85. The van der Waals surface area contributed by atoms with Crippen molar-refractivity contribution >= 4 is 22.4 Å². The van der Waals surface area contributed by atoms with Crippen molar-refractivity contribution in [1.29, 1.82) is 0 Å². The Bertz CT molecular complexity index is 386. The molecule has 2 unspecified atom stereocenters. The SMILES string of the molecule is CNC(C)CCS(=O)c1ccc(F)c(Cl)c1. The molecule has 0 bridgehead atoms. The summed E-state index contributed by atoms with van der Waals surface area (Å²) < 4.78 is 24.7. The van der Waals surface area contributed by atoms with Crippen LogP contribution < -0.4 is 5.32 Å². The Balaban J connectivity index is 2.63. The van der Waals surface area contributed by atoms with Crippen LogP contribution in [0.2, 0.25) is 5.02 Å². The molecule has 0 radical (unpaired) electrons. The third-order valence-electron chi connectivity index (χ3n) is 2.38. The van der Waals surface area contributed by atoms with E-state index in [4.69, 9.17) is 11.6 Å².